The fourth-order valence-corrected chi connectivity index (χ4v) is 0.943. The van der Waals surface area contributed by atoms with Crippen LogP contribution in [0.5, 0.6) is 0 Å². The Morgan fingerprint density at radius 3 is 1.00 bits per heavy atom. The van der Waals surface area contributed by atoms with Crippen LogP contribution in [0.4, 0.5) is 17.8 Å². The maximum Gasteiger partial charge on any atom is 0.231 e. The normalized spacial score (nSPS) is 12.3. The lowest BCUT2D eigenvalue weighted by Crippen LogP contribution is -2.22. The third-order valence-electron chi connectivity index (χ3n) is 2.05. The summed E-state index contributed by atoms with van der Waals surface area (Å²) < 4.78 is 0. The van der Waals surface area contributed by atoms with Crippen LogP contribution in [-0.4, -0.2) is 70.3 Å². The summed E-state index contributed by atoms with van der Waals surface area (Å²) in [6, 6.07) is 0. The summed E-state index contributed by atoms with van der Waals surface area (Å²) in [4.78, 5) is 18.5. The number of rotatable bonds is 3. The Labute approximate surface area is 109 Å². The van der Waals surface area contributed by atoms with Gasteiger partial charge in [0, 0.05) is 55.4 Å². The third-order valence-corrected chi connectivity index (χ3v) is 2.05. The Morgan fingerprint density at radius 1 is 0.667 bits per heavy atom. The van der Waals surface area contributed by atoms with Crippen LogP contribution in [0.2, 0.25) is 0 Å². The molecular weight excluding hydrogens is 230 g/mol. The molecule has 0 aromatic carbocycles. The van der Waals surface area contributed by atoms with Crippen molar-refractivity contribution in [2.75, 3.05) is 70.1 Å². The molecule has 0 atom stereocenters. The van der Waals surface area contributed by atoms with Gasteiger partial charge in [-0.3, -0.25) is 0 Å². The van der Waals surface area contributed by atoms with Gasteiger partial charge in [-0.1, -0.05) is 0 Å². The fraction of sp³-hybridized carbons (Fsp3) is 0.727. The molecule has 1 saturated heterocycles. The van der Waals surface area contributed by atoms with Gasteiger partial charge < -0.3 is 20.0 Å². The average Bonchev–Trinajstić information content (AvgIpc) is 3.15. The molecule has 1 aromatic rings. The van der Waals surface area contributed by atoms with Crippen molar-refractivity contribution in [2.45, 2.75) is 0 Å². The van der Waals surface area contributed by atoms with E-state index in [1.807, 2.05) is 57.0 Å². The van der Waals surface area contributed by atoms with Crippen LogP contribution in [0.3, 0.4) is 0 Å². The molecular formula is C11H23N7. The van der Waals surface area contributed by atoms with Crippen molar-refractivity contribution < 1.29 is 0 Å². The van der Waals surface area contributed by atoms with Crippen LogP contribution < -0.4 is 20.0 Å². The number of hydrogen-bond donors (Lipinski definition) is 1. The highest BCUT2D eigenvalue weighted by atomic mass is 15.4. The van der Waals surface area contributed by atoms with Crippen molar-refractivity contribution in [3.05, 3.63) is 0 Å². The maximum atomic E-state index is 4.32. The van der Waals surface area contributed by atoms with Crippen molar-refractivity contribution in [3.63, 3.8) is 0 Å². The van der Waals surface area contributed by atoms with E-state index in [2.05, 4.69) is 20.3 Å². The van der Waals surface area contributed by atoms with Gasteiger partial charge in [0.25, 0.3) is 0 Å². The average molecular weight is 253 g/mol. The first-order valence-corrected chi connectivity index (χ1v) is 5.90. The zero-order chi connectivity index (χ0) is 13.7. The van der Waals surface area contributed by atoms with Crippen molar-refractivity contribution in [1.82, 2.24) is 20.3 Å². The quantitative estimate of drug-likeness (QED) is 0.739. The van der Waals surface area contributed by atoms with Crippen molar-refractivity contribution in [1.29, 1.82) is 0 Å². The van der Waals surface area contributed by atoms with E-state index >= 15 is 0 Å². The summed E-state index contributed by atoms with van der Waals surface area (Å²) in [5.74, 6) is 1.99. The number of hydrogen-bond acceptors (Lipinski definition) is 7. The molecule has 1 aliphatic heterocycles. The Hall–Kier alpha value is -1.63. The minimum atomic E-state index is 0.664. The van der Waals surface area contributed by atoms with Crippen LogP contribution in [0.25, 0.3) is 0 Å². The van der Waals surface area contributed by atoms with Crippen LogP contribution in [0.1, 0.15) is 0 Å². The summed E-state index contributed by atoms with van der Waals surface area (Å²) in [7, 11) is 11.5. The van der Waals surface area contributed by atoms with Crippen molar-refractivity contribution in [2.24, 2.45) is 0 Å². The summed E-state index contributed by atoms with van der Waals surface area (Å²) in [6.45, 7) is 2.50. The zero-order valence-corrected chi connectivity index (χ0v) is 12.1. The van der Waals surface area contributed by atoms with Crippen LogP contribution in [0, 0.1) is 0 Å². The van der Waals surface area contributed by atoms with Gasteiger partial charge >= 0.3 is 0 Å². The van der Waals surface area contributed by atoms with Gasteiger partial charge in [0.2, 0.25) is 17.8 Å². The summed E-state index contributed by atoms with van der Waals surface area (Å²) in [5, 5.41) is 3.00. The Kier molecular flexibility index (Phi) is 5.08. The molecule has 0 bridgehead atoms. The predicted octanol–water partition coefficient (Wildman–Crippen LogP) is -0.341. The molecule has 1 aromatic heterocycles. The van der Waals surface area contributed by atoms with E-state index in [0.29, 0.717) is 17.8 Å². The van der Waals surface area contributed by atoms with Crippen molar-refractivity contribution in [3.8, 4) is 0 Å². The second-order valence-corrected chi connectivity index (χ2v) is 4.67. The van der Waals surface area contributed by atoms with E-state index in [9.17, 15) is 0 Å². The van der Waals surface area contributed by atoms with Crippen LogP contribution in [0.15, 0.2) is 0 Å². The molecule has 2 heterocycles. The lowest BCUT2D eigenvalue weighted by Gasteiger charge is -2.18. The number of nitrogens with one attached hydrogen (secondary N) is 1. The van der Waals surface area contributed by atoms with Crippen LogP contribution >= 0.6 is 0 Å². The lowest BCUT2D eigenvalue weighted by atomic mass is 10.7. The molecule has 0 spiro atoms. The standard InChI is InChI=1S/C9H18N6.C2H5N/c1-13(2)7-10-8(14(3)4)12-9(11-7)15(5)6;1-2-3-1/h1-6H3;3H,1-2H2. The summed E-state index contributed by atoms with van der Waals surface area (Å²) in [6.07, 6.45) is 0. The highest BCUT2D eigenvalue weighted by molar-refractivity contribution is 5.44. The van der Waals surface area contributed by atoms with E-state index in [0.717, 1.165) is 0 Å². The Balaban J connectivity index is 0.000000468. The number of aromatic nitrogens is 3. The summed E-state index contributed by atoms with van der Waals surface area (Å²) in [5.41, 5.74) is 0. The van der Waals surface area contributed by atoms with E-state index in [-0.39, 0.29) is 0 Å². The van der Waals surface area contributed by atoms with Gasteiger partial charge in [0.1, 0.15) is 0 Å². The fourth-order valence-electron chi connectivity index (χ4n) is 0.943. The molecule has 0 saturated carbocycles. The Morgan fingerprint density at radius 2 is 0.889 bits per heavy atom. The summed E-state index contributed by atoms with van der Waals surface area (Å²) >= 11 is 0. The highest BCUT2D eigenvalue weighted by Gasteiger charge is 2.10. The molecule has 0 aliphatic carbocycles. The monoisotopic (exact) mass is 253 g/mol. The molecule has 1 N–H and O–H groups in total. The molecule has 0 amide bonds. The van der Waals surface area contributed by atoms with Gasteiger partial charge in [-0.25, -0.2) is 0 Å². The van der Waals surface area contributed by atoms with Crippen LogP contribution in [-0.2, 0) is 0 Å². The molecule has 18 heavy (non-hydrogen) atoms. The van der Waals surface area contributed by atoms with Gasteiger partial charge in [0.05, 0.1) is 0 Å². The number of nitrogens with zero attached hydrogens (tertiary/aromatic N) is 6. The molecule has 0 unspecified atom stereocenters. The molecule has 7 heteroatoms. The highest BCUT2D eigenvalue weighted by Crippen LogP contribution is 2.14. The zero-order valence-electron chi connectivity index (χ0n) is 12.1. The topological polar surface area (TPSA) is 70.3 Å². The minimum Gasteiger partial charge on any atom is -0.347 e. The van der Waals surface area contributed by atoms with E-state index in [4.69, 9.17) is 0 Å². The molecule has 2 rings (SSSR count). The SMILES string of the molecule is C1CN1.CN(C)c1nc(N(C)C)nc(N(C)C)n1. The first kappa shape index (κ1) is 14.4. The lowest BCUT2D eigenvalue weighted by molar-refractivity contribution is 0.886. The van der Waals surface area contributed by atoms with E-state index in [1.165, 1.54) is 13.1 Å². The first-order valence-electron chi connectivity index (χ1n) is 5.90. The molecule has 7 nitrogen and oxygen atoms in total. The predicted molar refractivity (Wildman–Crippen MR) is 75.7 cm³/mol. The maximum absolute atomic E-state index is 4.32. The van der Waals surface area contributed by atoms with Gasteiger partial charge in [-0.05, 0) is 0 Å². The van der Waals surface area contributed by atoms with Crippen molar-refractivity contribution >= 4 is 17.8 Å². The molecule has 102 valence electrons. The van der Waals surface area contributed by atoms with E-state index in [1.54, 1.807) is 0 Å². The molecule has 1 aliphatic rings. The molecule has 0 radical (unpaired) electrons. The minimum absolute atomic E-state index is 0.664. The largest absolute Gasteiger partial charge is 0.347 e. The van der Waals surface area contributed by atoms with Gasteiger partial charge in [-0.2, -0.15) is 15.0 Å². The first-order chi connectivity index (χ1) is 8.41. The Bertz CT molecular complexity index is 306. The molecule has 1 fully saturated rings. The van der Waals surface area contributed by atoms with Gasteiger partial charge in [0.15, 0.2) is 0 Å². The second kappa shape index (κ2) is 6.34. The van der Waals surface area contributed by atoms with Gasteiger partial charge in [-0.15, -0.1) is 0 Å². The smallest absolute Gasteiger partial charge is 0.231 e. The number of anilines is 3. The van der Waals surface area contributed by atoms with E-state index < -0.39 is 0 Å². The third kappa shape index (κ3) is 4.70. The second-order valence-electron chi connectivity index (χ2n) is 4.67.